The van der Waals surface area contributed by atoms with Gasteiger partial charge < -0.3 is 14.9 Å². The zero-order valence-corrected chi connectivity index (χ0v) is 16.4. The van der Waals surface area contributed by atoms with Gasteiger partial charge in [-0.25, -0.2) is 4.39 Å². The van der Waals surface area contributed by atoms with E-state index in [1.54, 1.807) is 12.2 Å². The maximum absolute atomic E-state index is 14.3. The molecule has 0 bridgehead atoms. The molecule has 5 atom stereocenters. The van der Waals surface area contributed by atoms with Crippen LogP contribution in [0.25, 0.3) is 0 Å². The number of halogens is 1. The summed E-state index contributed by atoms with van der Waals surface area (Å²) >= 11 is 0. The quantitative estimate of drug-likeness (QED) is 0.457. The summed E-state index contributed by atoms with van der Waals surface area (Å²) in [6, 6.07) is 7.63. The van der Waals surface area contributed by atoms with Crippen molar-refractivity contribution in [3.05, 3.63) is 54.1 Å². The van der Waals surface area contributed by atoms with Crippen molar-refractivity contribution in [1.29, 1.82) is 0 Å². The number of aliphatic hydroxyl groups excluding tert-OH is 2. The van der Waals surface area contributed by atoms with Gasteiger partial charge >= 0.3 is 0 Å². The highest BCUT2D eigenvalue weighted by Crippen LogP contribution is 2.38. The molecule has 150 valence electrons. The Morgan fingerprint density at radius 1 is 1.33 bits per heavy atom. The predicted octanol–water partition coefficient (Wildman–Crippen LogP) is 4.76. The molecule has 3 nitrogen and oxygen atoms in total. The maximum Gasteiger partial charge on any atom is 0.119 e. The van der Waals surface area contributed by atoms with Crippen molar-refractivity contribution in [2.75, 3.05) is 6.61 Å². The Labute approximate surface area is 162 Å². The first-order valence-corrected chi connectivity index (χ1v) is 10.0. The molecule has 1 aromatic carbocycles. The van der Waals surface area contributed by atoms with Gasteiger partial charge in [-0.05, 0) is 43.4 Å². The third kappa shape index (κ3) is 7.11. The molecule has 0 unspecified atom stereocenters. The molecular formula is C23H33FO3. The van der Waals surface area contributed by atoms with Crippen molar-refractivity contribution in [1.82, 2.24) is 0 Å². The second kappa shape index (κ2) is 11.3. The Hall–Kier alpha value is -1.65. The number of hydrogen-bond acceptors (Lipinski definition) is 3. The Kier molecular flexibility index (Phi) is 9.02. The van der Waals surface area contributed by atoms with E-state index in [4.69, 9.17) is 4.74 Å². The van der Waals surface area contributed by atoms with E-state index in [1.807, 2.05) is 31.2 Å². The number of alkyl halides is 1. The first-order valence-electron chi connectivity index (χ1n) is 10.0. The van der Waals surface area contributed by atoms with Crippen LogP contribution in [0.2, 0.25) is 0 Å². The van der Waals surface area contributed by atoms with E-state index in [9.17, 15) is 14.6 Å². The number of aliphatic hydroxyl groups is 2. The standard InChI is InChI=1S/C23H33FO3/c1-3-4-5-6-7-11-21-20(22(24)15-23(21)26)13-12-18(25)16-27-19-10-8-9-17(2)14-19/h6-10,12-14,18,20-23,25-26H,3-5,11,15-16H2,1-2H3/b7-6-,13-12+/t18-,20-,21-,22+,23+/m1/s1. The van der Waals surface area contributed by atoms with Gasteiger partial charge in [0.2, 0.25) is 0 Å². The number of hydrogen-bond donors (Lipinski definition) is 2. The van der Waals surface area contributed by atoms with Gasteiger partial charge in [0, 0.05) is 12.3 Å². The minimum Gasteiger partial charge on any atom is -0.491 e. The fraction of sp³-hybridized carbons (Fsp3) is 0.565. The average Bonchev–Trinajstić information content (AvgIpc) is 2.91. The summed E-state index contributed by atoms with van der Waals surface area (Å²) in [5.74, 6) is 0.195. The topological polar surface area (TPSA) is 49.7 Å². The lowest BCUT2D eigenvalue weighted by Crippen LogP contribution is -2.20. The highest BCUT2D eigenvalue weighted by Gasteiger charge is 2.40. The van der Waals surface area contributed by atoms with Gasteiger partial charge in [-0.3, -0.25) is 0 Å². The van der Waals surface area contributed by atoms with Crippen LogP contribution in [0.5, 0.6) is 5.75 Å². The van der Waals surface area contributed by atoms with Crippen molar-refractivity contribution in [2.45, 2.75) is 64.3 Å². The van der Waals surface area contributed by atoms with E-state index in [2.05, 4.69) is 19.1 Å². The van der Waals surface area contributed by atoms with E-state index in [1.165, 1.54) is 0 Å². The van der Waals surface area contributed by atoms with Crippen LogP contribution in [-0.4, -0.2) is 35.2 Å². The molecule has 2 rings (SSSR count). The lowest BCUT2D eigenvalue weighted by atomic mass is 9.90. The molecule has 2 N–H and O–H groups in total. The van der Waals surface area contributed by atoms with Crippen molar-refractivity contribution in [3.8, 4) is 5.75 Å². The number of unbranched alkanes of at least 4 members (excludes halogenated alkanes) is 2. The molecule has 0 aromatic heterocycles. The highest BCUT2D eigenvalue weighted by atomic mass is 19.1. The van der Waals surface area contributed by atoms with Crippen molar-refractivity contribution < 1.29 is 19.3 Å². The maximum atomic E-state index is 14.3. The molecule has 0 aliphatic heterocycles. The Balaban J connectivity index is 1.86. The lowest BCUT2D eigenvalue weighted by molar-refractivity contribution is 0.124. The summed E-state index contributed by atoms with van der Waals surface area (Å²) in [6.45, 7) is 4.25. The number of ether oxygens (including phenoxy) is 1. The van der Waals surface area contributed by atoms with E-state index >= 15 is 0 Å². The molecule has 0 spiro atoms. The van der Waals surface area contributed by atoms with Crippen LogP contribution in [0.4, 0.5) is 4.39 Å². The monoisotopic (exact) mass is 376 g/mol. The lowest BCUT2D eigenvalue weighted by Gasteiger charge is -2.19. The number of allylic oxidation sites excluding steroid dienone is 3. The van der Waals surface area contributed by atoms with Gasteiger partial charge in [-0.1, -0.05) is 56.2 Å². The predicted molar refractivity (Wildman–Crippen MR) is 108 cm³/mol. The fourth-order valence-electron chi connectivity index (χ4n) is 3.56. The first-order chi connectivity index (χ1) is 13.0. The van der Waals surface area contributed by atoms with Gasteiger partial charge in [-0.2, -0.15) is 0 Å². The second-order valence-electron chi connectivity index (χ2n) is 7.49. The van der Waals surface area contributed by atoms with Crippen LogP contribution in [0.1, 0.15) is 44.6 Å². The minimum atomic E-state index is -1.07. The van der Waals surface area contributed by atoms with Gasteiger partial charge in [0.1, 0.15) is 24.6 Å². The zero-order chi connectivity index (χ0) is 19.6. The Morgan fingerprint density at radius 2 is 2.15 bits per heavy atom. The van der Waals surface area contributed by atoms with Crippen LogP contribution in [0.15, 0.2) is 48.6 Å². The van der Waals surface area contributed by atoms with E-state index in [0.717, 1.165) is 24.8 Å². The van der Waals surface area contributed by atoms with Crippen LogP contribution in [-0.2, 0) is 0 Å². The smallest absolute Gasteiger partial charge is 0.119 e. The molecule has 27 heavy (non-hydrogen) atoms. The van der Waals surface area contributed by atoms with E-state index in [0.29, 0.717) is 12.2 Å². The third-order valence-corrected chi connectivity index (χ3v) is 5.14. The van der Waals surface area contributed by atoms with Crippen LogP contribution in [0.3, 0.4) is 0 Å². The summed E-state index contributed by atoms with van der Waals surface area (Å²) in [5.41, 5.74) is 1.09. The zero-order valence-electron chi connectivity index (χ0n) is 16.4. The van der Waals surface area contributed by atoms with Gasteiger partial charge in [-0.15, -0.1) is 0 Å². The molecule has 0 saturated heterocycles. The number of benzene rings is 1. The molecule has 1 aliphatic rings. The Bertz CT molecular complexity index is 613. The largest absolute Gasteiger partial charge is 0.491 e. The molecule has 0 heterocycles. The van der Waals surface area contributed by atoms with Crippen LogP contribution in [0, 0.1) is 18.8 Å². The molecule has 1 fully saturated rings. The molecular weight excluding hydrogens is 343 g/mol. The van der Waals surface area contributed by atoms with Gasteiger partial charge in [0.15, 0.2) is 0 Å². The SMILES string of the molecule is CCCC/C=C\C[C@@H]1[C@@H](/C=C/[C@@H](O)COc2cccc(C)c2)[C@@H](F)C[C@@H]1O. The third-order valence-electron chi connectivity index (χ3n) is 5.14. The summed E-state index contributed by atoms with van der Waals surface area (Å²) in [6.07, 6.45) is 9.12. The van der Waals surface area contributed by atoms with Crippen LogP contribution < -0.4 is 4.74 Å². The molecule has 1 aromatic rings. The van der Waals surface area contributed by atoms with Crippen molar-refractivity contribution in [3.63, 3.8) is 0 Å². The molecule has 0 radical (unpaired) electrons. The van der Waals surface area contributed by atoms with E-state index < -0.39 is 18.4 Å². The van der Waals surface area contributed by atoms with Crippen molar-refractivity contribution in [2.24, 2.45) is 11.8 Å². The van der Waals surface area contributed by atoms with Crippen LogP contribution >= 0.6 is 0 Å². The summed E-state index contributed by atoms with van der Waals surface area (Å²) in [4.78, 5) is 0. The number of rotatable bonds is 10. The van der Waals surface area contributed by atoms with Gasteiger partial charge in [0.05, 0.1) is 6.10 Å². The first kappa shape index (κ1) is 21.6. The summed E-state index contributed by atoms with van der Waals surface area (Å²) in [7, 11) is 0. The molecule has 0 amide bonds. The van der Waals surface area contributed by atoms with Gasteiger partial charge in [0.25, 0.3) is 0 Å². The molecule has 1 aliphatic carbocycles. The van der Waals surface area contributed by atoms with E-state index in [-0.39, 0.29) is 24.9 Å². The average molecular weight is 377 g/mol. The fourth-order valence-corrected chi connectivity index (χ4v) is 3.56. The summed E-state index contributed by atoms with van der Waals surface area (Å²) < 4.78 is 19.9. The highest BCUT2D eigenvalue weighted by molar-refractivity contribution is 5.27. The minimum absolute atomic E-state index is 0.119. The number of aryl methyl sites for hydroxylation is 1. The second-order valence-corrected chi connectivity index (χ2v) is 7.49. The Morgan fingerprint density at radius 3 is 2.89 bits per heavy atom. The molecule has 1 saturated carbocycles. The summed E-state index contributed by atoms with van der Waals surface area (Å²) in [5, 5.41) is 20.3. The van der Waals surface area contributed by atoms with Crippen molar-refractivity contribution >= 4 is 0 Å². The normalized spacial score (nSPS) is 26.9. The molecule has 4 heteroatoms.